The van der Waals surface area contributed by atoms with Crippen molar-refractivity contribution in [1.29, 1.82) is 0 Å². The molecule has 0 saturated carbocycles. The summed E-state index contributed by atoms with van der Waals surface area (Å²) >= 11 is 3.46. The zero-order valence-corrected chi connectivity index (χ0v) is 16.9. The van der Waals surface area contributed by atoms with Crippen molar-refractivity contribution in [3.63, 3.8) is 0 Å². The average molecular weight is 412 g/mol. The predicted molar refractivity (Wildman–Crippen MR) is 110 cm³/mol. The van der Waals surface area contributed by atoms with Crippen molar-refractivity contribution in [1.82, 2.24) is 4.98 Å². The monoisotopic (exact) mass is 411 g/mol. The molecule has 0 bridgehead atoms. The van der Waals surface area contributed by atoms with Crippen molar-refractivity contribution in [2.75, 3.05) is 6.61 Å². The minimum Gasteiger partial charge on any atom is -0.462 e. The van der Waals surface area contributed by atoms with E-state index in [1.807, 2.05) is 50.2 Å². The third-order valence-corrected chi connectivity index (χ3v) is 4.87. The Hall–Kier alpha value is -2.20. The molecule has 0 aliphatic heterocycles. The lowest BCUT2D eigenvalue weighted by Crippen LogP contribution is -2.08. The molecular weight excluding hydrogens is 390 g/mol. The molecule has 3 rings (SSSR count). The van der Waals surface area contributed by atoms with Gasteiger partial charge in [-0.25, -0.2) is 9.78 Å². The highest BCUT2D eigenvalue weighted by molar-refractivity contribution is 9.10. The number of fused-ring (bicyclic) bond motifs is 1. The first-order chi connectivity index (χ1) is 12.5. The third-order valence-electron chi connectivity index (χ3n) is 4.34. The molecule has 0 N–H and O–H groups in total. The fraction of sp³-hybridized carbons (Fsp3) is 0.273. The smallest absolute Gasteiger partial charge is 0.338 e. The molecular formula is C22H22BrNO2. The Bertz CT molecular complexity index is 949. The Kier molecular flexibility index (Phi) is 5.72. The van der Waals surface area contributed by atoms with Crippen LogP contribution in [-0.4, -0.2) is 17.6 Å². The van der Waals surface area contributed by atoms with E-state index in [2.05, 4.69) is 28.9 Å². The van der Waals surface area contributed by atoms with Crippen LogP contribution in [-0.2, 0) is 4.74 Å². The molecule has 0 aliphatic carbocycles. The number of rotatable bonds is 5. The van der Waals surface area contributed by atoms with Crippen LogP contribution in [0.5, 0.6) is 0 Å². The highest BCUT2D eigenvalue weighted by Crippen LogP contribution is 2.29. The third kappa shape index (κ3) is 3.96. The molecule has 1 aromatic heterocycles. The van der Waals surface area contributed by atoms with Crippen molar-refractivity contribution in [2.45, 2.75) is 33.6 Å². The van der Waals surface area contributed by atoms with Crippen LogP contribution < -0.4 is 0 Å². The van der Waals surface area contributed by atoms with Crippen LogP contribution in [0.25, 0.3) is 22.2 Å². The molecule has 0 atom stereocenters. The van der Waals surface area contributed by atoms with Gasteiger partial charge in [0.05, 0.1) is 23.4 Å². The first-order valence-corrected chi connectivity index (χ1v) is 9.64. The van der Waals surface area contributed by atoms with Gasteiger partial charge in [0.15, 0.2) is 0 Å². The van der Waals surface area contributed by atoms with Gasteiger partial charge in [-0.15, -0.1) is 0 Å². The summed E-state index contributed by atoms with van der Waals surface area (Å²) < 4.78 is 6.50. The van der Waals surface area contributed by atoms with E-state index in [4.69, 9.17) is 9.72 Å². The van der Waals surface area contributed by atoms with E-state index in [9.17, 15) is 4.79 Å². The van der Waals surface area contributed by atoms with Crippen LogP contribution in [0.2, 0.25) is 0 Å². The van der Waals surface area contributed by atoms with Gasteiger partial charge in [0, 0.05) is 15.4 Å². The van der Waals surface area contributed by atoms with Gasteiger partial charge in [0.1, 0.15) is 0 Å². The normalized spacial score (nSPS) is 10.9. The van der Waals surface area contributed by atoms with Crippen molar-refractivity contribution in [3.8, 4) is 11.3 Å². The minimum atomic E-state index is -0.283. The molecule has 0 saturated heterocycles. The second kappa shape index (κ2) is 8.00. The van der Waals surface area contributed by atoms with Gasteiger partial charge in [0.2, 0.25) is 0 Å². The van der Waals surface area contributed by atoms with Gasteiger partial charge in [-0.1, -0.05) is 53.0 Å². The maximum atomic E-state index is 12.7. The number of hydrogen-bond donors (Lipinski definition) is 0. The van der Waals surface area contributed by atoms with E-state index in [1.165, 1.54) is 0 Å². The van der Waals surface area contributed by atoms with Crippen LogP contribution in [0, 0.1) is 13.8 Å². The molecule has 0 spiro atoms. The Morgan fingerprint density at radius 3 is 2.54 bits per heavy atom. The number of unbranched alkanes of at least 4 members (excludes halogenated alkanes) is 1. The predicted octanol–water partition coefficient (Wildman–Crippen LogP) is 6.24. The lowest BCUT2D eigenvalue weighted by Gasteiger charge is -2.12. The van der Waals surface area contributed by atoms with Crippen LogP contribution in [0.15, 0.2) is 46.9 Å². The van der Waals surface area contributed by atoms with Crippen molar-refractivity contribution < 1.29 is 9.53 Å². The second-order valence-corrected chi connectivity index (χ2v) is 7.45. The molecule has 26 heavy (non-hydrogen) atoms. The lowest BCUT2D eigenvalue weighted by atomic mass is 10.00. The van der Waals surface area contributed by atoms with Gasteiger partial charge in [0.25, 0.3) is 0 Å². The first kappa shape index (κ1) is 18.6. The lowest BCUT2D eigenvalue weighted by molar-refractivity contribution is 0.0502. The highest BCUT2D eigenvalue weighted by Gasteiger charge is 2.17. The summed E-state index contributed by atoms with van der Waals surface area (Å²) in [4.78, 5) is 17.6. The fourth-order valence-electron chi connectivity index (χ4n) is 3.01. The van der Waals surface area contributed by atoms with E-state index >= 15 is 0 Å². The molecule has 134 valence electrons. The van der Waals surface area contributed by atoms with Crippen molar-refractivity contribution >= 4 is 32.8 Å². The largest absolute Gasteiger partial charge is 0.462 e. The van der Waals surface area contributed by atoms with E-state index in [-0.39, 0.29) is 5.97 Å². The quantitative estimate of drug-likeness (QED) is 0.368. The van der Waals surface area contributed by atoms with Crippen molar-refractivity contribution in [3.05, 3.63) is 63.6 Å². The van der Waals surface area contributed by atoms with Gasteiger partial charge in [-0.3, -0.25) is 0 Å². The van der Waals surface area contributed by atoms with E-state index in [1.54, 1.807) is 0 Å². The summed E-state index contributed by atoms with van der Waals surface area (Å²) in [6, 6.07) is 13.9. The number of ether oxygens (including phenoxy) is 1. The highest BCUT2D eigenvalue weighted by atomic mass is 79.9. The number of carbonyl (C=O) groups is 1. The van der Waals surface area contributed by atoms with E-state index < -0.39 is 0 Å². The van der Waals surface area contributed by atoms with Gasteiger partial charge in [-0.05, 0) is 50.1 Å². The summed E-state index contributed by atoms with van der Waals surface area (Å²) in [5.74, 6) is -0.283. The van der Waals surface area contributed by atoms with Crippen molar-refractivity contribution in [2.24, 2.45) is 0 Å². The van der Waals surface area contributed by atoms with E-state index in [0.717, 1.165) is 50.6 Å². The van der Waals surface area contributed by atoms with Crippen LogP contribution in [0.1, 0.15) is 41.3 Å². The molecule has 0 amide bonds. The Balaban J connectivity index is 2.16. The zero-order chi connectivity index (χ0) is 18.7. The topological polar surface area (TPSA) is 39.2 Å². The summed E-state index contributed by atoms with van der Waals surface area (Å²) in [7, 11) is 0. The van der Waals surface area contributed by atoms with Crippen LogP contribution >= 0.6 is 15.9 Å². The number of hydrogen-bond acceptors (Lipinski definition) is 3. The van der Waals surface area contributed by atoms with Crippen LogP contribution in [0.4, 0.5) is 0 Å². The zero-order valence-electron chi connectivity index (χ0n) is 15.3. The summed E-state index contributed by atoms with van der Waals surface area (Å²) in [6.45, 7) is 6.58. The maximum Gasteiger partial charge on any atom is 0.338 e. The van der Waals surface area contributed by atoms with Gasteiger partial charge in [-0.2, -0.15) is 0 Å². The molecule has 1 heterocycles. The Morgan fingerprint density at radius 1 is 1.12 bits per heavy atom. The molecule has 2 aromatic carbocycles. The van der Waals surface area contributed by atoms with E-state index in [0.29, 0.717) is 12.2 Å². The number of esters is 1. The number of pyridine rings is 1. The first-order valence-electron chi connectivity index (χ1n) is 8.84. The molecule has 0 fully saturated rings. The van der Waals surface area contributed by atoms with Crippen LogP contribution in [0.3, 0.4) is 0 Å². The number of benzene rings is 2. The number of aromatic nitrogens is 1. The number of nitrogens with zero attached hydrogens (tertiary/aromatic N) is 1. The molecule has 0 unspecified atom stereocenters. The Labute approximate surface area is 162 Å². The molecule has 0 aliphatic rings. The second-order valence-electron chi connectivity index (χ2n) is 6.53. The number of halogens is 1. The number of carbonyl (C=O) groups excluding carboxylic acids is 1. The molecule has 4 heteroatoms. The SMILES string of the molecule is CCCCOC(=O)c1cc(-c2ccc(Br)cc2)nc2c(C)cc(C)cc12. The summed E-state index contributed by atoms with van der Waals surface area (Å²) in [5, 5.41) is 0.852. The molecule has 3 aromatic rings. The standard InChI is InChI=1S/C22H22BrNO2/c1-4-5-10-26-22(25)19-13-20(16-6-8-17(23)9-7-16)24-21-15(3)11-14(2)12-18(19)21/h6-9,11-13H,4-5,10H2,1-3H3. The molecule has 0 radical (unpaired) electrons. The number of aryl methyl sites for hydroxylation is 2. The van der Waals surface area contributed by atoms with Gasteiger partial charge < -0.3 is 4.74 Å². The maximum absolute atomic E-state index is 12.7. The fourth-order valence-corrected chi connectivity index (χ4v) is 3.27. The van der Waals surface area contributed by atoms with Gasteiger partial charge >= 0.3 is 5.97 Å². The average Bonchev–Trinajstić information content (AvgIpc) is 2.62. The summed E-state index contributed by atoms with van der Waals surface area (Å²) in [6.07, 6.45) is 1.86. The minimum absolute atomic E-state index is 0.283. The molecule has 3 nitrogen and oxygen atoms in total. The Morgan fingerprint density at radius 2 is 1.85 bits per heavy atom. The summed E-state index contributed by atoms with van der Waals surface area (Å²) in [5.41, 5.74) is 5.34.